The van der Waals surface area contributed by atoms with Crippen LogP contribution in [0.5, 0.6) is 5.75 Å². The molecule has 8 heteroatoms. The average molecular weight is 581 g/mol. The van der Waals surface area contributed by atoms with E-state index >= 15 is 0 Å². The van der Waals surface area contributed by atoms with Crippen LogP contribution >= 0.6 is 0 Å². The summed E-state index contributed by atoms with van der Waals surface area (Å²) >= 11 is 0. The van der Waals surface area contributed by atoms with E-state index in [1.165, 1.54) is 25.9 Å². The fraction of sp³-hybridized carbons (Fsp3) is 0.294. The molecule has 1 fully saturated rings. The van der Waals surface area contributed by atoms with Crippen LogP contribution in [0.3, 0.4) is 0 Å². The van der Waals surface area contributed by atoms with E-state index in [1.54, 1.807) is 18.2 Å². The lowest BCUT2D eigenvalue weighted by molar-refractivity contribution is 0.238. The average Bonchev–Trinajstić information content (AvgIpc) is 3.67. The maximum atomic E-state index is 12.9. The van der Waals surface area contributed by atoms with Crippen molar-refractivity contribution in [3.8, 4) is 17.0 Å². The molecule has 0 aliphatic carbocycles. The molecule has 3 aromatic carbocycles. The largest absolute Gasteiger partial charge is 0.492 e. The number of benzene rings is 3. The van der Waals surface area contributed by atoms with Gasteiger partial charge in [0.25, 0.3) is 0 Å². The van der Waals surface area contributed by atoms with Gasteiger partial charge in [-0.1, -0.05) is 48.5 Å². The first-order chi connectivity index (χ1) is 20.4. The van der Waals surface area contributed by atoms with Crippen LogP contribution in [-0.2, 0) is 22.7 Å². The van der Waals surface area contributed by atoms with Crippen molar-refractivity contribution >= 4 is 15.5 Å². The van der Waals surface area contributed by atoms with Gasteiger partial charge in [0.1, 0.15) is 12.4 Å². The molecule has 0 unspecified atom stereocenters. The van der Waals surface area contributed by atoms with Gasteiger partial charge in [-0.05, 0) is 98.4 Å². The van der Waals surface area contributed by atoms with Crippen molar-refractivity contribution in [3.05, 3.63) is 114 Å². The minimum absolute atomic E-state index is 0.0554. The number of aryl methyl sites for hydroxylation is 2. The molecule has 3 heterocycles. The fourth-order valence-corrected chi connectivity index (χ4v) is 6.88. The Morgan fingerprint density at radius 1 is 0.857 bits per heavy atom. The number of nitrogens with zero attached hydrogens (tertiary/aromatic N) is 4. The van der Waals surface area contributed by atoms with E-state index in [1.807, 2.05) is 72.1 Å². The Bertz CT molecular complexity index is 1770. The lowest BCUT2D eigenvalue weighted by atomic mass is 10.1. The summed E-state index contributed by atoms with van der Waals surface area (Å²) in [7, 11) is -3.37. The summed E-state index contributed by atoms with van der Waals surface area (Å²) in [5.41, 5.74) is 5.68. The number of sulfone groups is 1. The second-order valence-electron chi connectivity index (χ2n) is 11.0. The first-order valence-electron chi connectivity index (χ1n) is 14.6. The van der Waals surface area contributed by atoms with Crippen LogP contribution in [0.1, 0.15) is 35.4 Å². The van der Waals surface area contributed by atoms with Gasteiger partial charge in [0, 0.05) is 18.5 Å². The molecule has 42 heavy (non-hydrogen) atoms. The molecule has 6 rings (SSSR count). The zero-order valence-corrected chi connectivity index (χ0v) is 24.8. The molecule has 0 saturated carbocycles. The van der Waals surface area contributed by atoms with E-state index in [0.717, 1.165) is 51.7 Å². The lowest BCUT2D eigenvalue weighted by Crippen LogP contribution is -2.25. The third kappa shape index (κ3) is 6.72. The van der Waals surface area contributed by atoms with Crippen molar-refractivity contribution in [1.82, 2.24) is 19.5 Å². The molecular weight excluding hydrogens is 544 g/mol. The number of ether oxygens (including phenoxy) is 1. The van der Waals surface area contributed by atoms with Crippen LogP contribution in [0, 0.1) is 6.92 Å². The number of fused-ring (bicyclic) bond motifs is 1. The molecule has 1 aliphatic heterocycles. The van der Waals surface area contributed by atoms with Gasteiger partial charge in [0.15, 0.2) is 21.3 Å². The topological polar surface area (TPSA) is 76.8 Å². The van der Waals surface area contributed by atoms with E-state index < -0.39 is 9.84 Å². The van der Waals surface area contributed by atoms with Crippen LogP contribution < -0.4 is 4.74 Å². The van der Waals surface area contributed by atoms with Gasteiger partial charge in [-0.25, -0.2) is 17.9 Å². The number of likely N-dealkylation sites (tertiary alicyclic amines) is 1. The van der Waals surface area contributed by atoms with Crippen LogP contribution in [-0.4, -0.2) is 59.9 Å². The normalized spacial score (nSPS) is 14.0. The monoisotopic (exact) mass is 580 g/mol. The molecule has 0 spiro atoms. The van der Waals surface area contributed by atoms with Gasteiger partial charge >= 0.3 is 0 Å². The van der Waals surface area contributed by atoms with Crippen molar-refractivity contribution in [2.45, 2.75) is 37.5 Å². The predicted octanol–water partition coefficient (Wildman–Crippen LogP) is 5.79. The van der Waals surface area contributed by atoms with E-state index in [9.17, 15) is 8.42 Å². The minimum atomic E-state index is -3.37. The van der Waals surface area contributed by atoms with Crippen molar-refractivity contribution in [2.75, 3.05) is 32.0 Å². The zero-order valence-electron chi connectivity index (χ0n) is 23.9. The minimum Gasteiger partial charge on any atom is -0.492 e. The number of aromatic nitrogens is 3. The Morgan fingerprint density at radius 2 is 1.64 bits per heavy atom. The first-order valence-corrected chi connectivity index (χ1v) is 16.3. The Labute approximate surface area is 247 Å². The Balaban J connectivity index is 1.13. The molecule has 1 aliphatic rings. The molecule has 0 N–H and O–H groups in total. The number of hydrogen-bond acceptors (Lipinski definition) is 6. The third-order valence-corrected chi connectivity index (χ3v) is 9.51. The second-order valence-corrected chi connectivity index (χ2v) is 13.1. The van der Waals surface area contributed by atoms with E-state index in [2.05, 4.69) is 17.0 Å². The summed E-state index contributed by atoms with van der Waals surface area (Å²) in [6, 6.07) is 29.2. The van der Waals surface area contributed by atoms with E-state index in [0.29, 0.717) is 24.3 Å². The SMILES string of the molecule is Cc1cccc(S(=O)(=O)CCc2cccc(-c3cccc4nc(Cc5ccc(OCCN6CCCC6)cc5)nn34)c2)c1. The maximum absolute atomic E-state index is 12.9. The molecule has 216 valence electrons. The first kappa shape index (κ1) is 28.1. The zero-order chi connectivity index (χ0) is 28.9. The quantitative estimate of drug-likeness (QED) is 0.197. The standard InChI is InChI=1S/C34H36N4O3S/c1-26-7-4-10-31(23-26)42(39,40)22-17-27-8-5-9-29(24-27)32-11-6-12-34-35-33(36-38(32)34)25-28-13-15-30(16-14-28)41-21-20-37-18-2-3-19-37/h4-16,23-24H,2-3,17-22,25H2,1H3. The second kappa shape index (κ2) is 12.5. The summed E-state index contributed by atoms with van der Waals surface area (Å²) in [4.78, 5) is 7.60. The smallest absolute Gasteiger partial charge is 0.178 e. The Kier molecular flexibility index (Phi) is 8.35. The Hall–Kier alpha value is -4.01. The molecule has 7 nitrogen and oxygen atoms in total. The van der Waals surface area contributed by atoms with Crippen LogP contribution in [0.2, 0.25) is 0 Å². The summed E-state index contributed by atoms with van der Waals surface area (Å²) in [6.45, 7) is 5.95. The van der Waals surface area contributed by atoms with Crippen molar-refractivity contribution in [1.29, 1.82) is 0 Å². The maximum Gasteiger partial charge on any atom is 0.178 e. The van der Waals surface area contributed by atoms with Gasteiger partial charge in [-0.2, -0.15) is 5.10 Å². The Morgan fingerprint density at radius 3 is 2.45 bits per heavy atom. The third-order valence-electron chi connectivity index (χ3n) is 7.80. The number of hydrogen-bond donors (Lipinski definition) is 0. The molecule has 5 aromatic rings. The number of pyridine rings is 1. The van der Waals surface area contributed by atoms with Gasteiger partial charge in [-0.15, -0.1) is 0 Å². The van der Waals surface area contributed by atoms with Gasteiger partial charge in [-0.3, -0.25) is 4.90 Å². The molecule has 0 bridgehead atoms. The molecule has 0 atom stereocenters. The predicted molar refractivity (Wildman–Crippen MR) is 166 cm³/mol. The van der Waals surface area contributed by atoms with Crippen LogP contribution in [0.4, 0.5) is 0 Å². The highest BCUT2D eigenvalue weighted by molar-refractivity contribution is 7.91. The number of rotatable bonds is 11. The highest BCUT2D eigenvalue weighted by atomic mass is 32.2. The summed E-state index contributed by atoms with van der Waals surface area (Å²) in [5.74, 6) is 1.68. The van der Waals surface area contributed by atoms with Gasteiger partial charge < -0.3 is 4.74 Å². The molecular formula is C34H36N4O3S. The van der Waals surface area contributed by atoms with E-state index in [4.69, 9.17) is 14.8 Å². The summed E-state index contributed by atoms with van der Waals surface area (Å²) in [6.07, 6.45) is 3.63. The van der Waals surface area contributed by atoms with Crippen LogP contribution in [0.15, 0.2) is 95.9 Å². The van der Waals surface area contributed by atoms with Gasteiger partial charge in [0.2, 0.25) is 0 Å². The van der Waals surface area contributed by atoms with Crippen molar-refractivity contribution in [3.63, 3.8) is 0 Å². The van der Waals surface area contributed by atoms with Crippen LogP contribution in [0.25, 0.3) is 16.9 Å². The van der Waals surface area contributed by atoms with Crippen molar-refractivity contribution < 1.29 is 13.2 Å². The van der Waals surface area contributed by atoms with Crippen molar-refractivity contribution in [2.24, 2.45) is 0 Å². The molecule has 1 saturated heterocycles. The van der Waals surface area contributed by atoms with E-state index in [-0.39, 0.29) is 5.75 Å². The summed E-state index contributed by atoms with van der Waals surface area (Å²) in [5, 5.41) is 4.84. The van der Waals surface area contributed by atoms with Gasteiger partial charge in [0.05, 0.1) is 16.3 Å². The fourth-order valence-electron chi connectivity index (χ4n) is 5.49. The molecule has 2 aromatic heterocycles. The summed E-state index contributed by atoms with van der Waals surface area (Å²) < 4.78 is 33.7. The highest BCUT2D eigenvalue weighted by Crippen LogP contribution is 2.23. The molecule has 0 radical (unpaired) electrons. The lowest BCUT2D eigenvalue weighted by Gasteiger charge is -2.14. The highest BCUT2D eigenvalue weighted by Gasteiger charge is 2.16. The molecule has 0 amide bonds.